The van der Waals surface area contributed by atoms with Gasteiger partial charge in [0.2, 0.25) is 0 Å². The summed E-state index contributed by atoms with van der Waals surface area (Å²) < 4.78 is 11.1. The molecule has 194 valence electrons. The minimum absolute atomic E-state index is 0.130. The van der Waals surface area contributed by atoms with Gasteiger partial charge in [-0.3, -0.25) is 4.79 Å². The Morgan fingerprint density at radius 2 is 1.77 bits per heavy atom. The monoisotopic (exact) mass is 523 g/mol. The average molecular weight is 525 g/mol. The largest absolute Gasteiger partial charge is 0.493 e. The minimum Gasteiger partial charge on any atom is -0.493 e. The number of carbonyl (C=O) groups is 1. The molecule has 0 spiro atoms. The van der Waals surface area contributed by atoms with Crippen molar-refractivity contribution in [3.63, 3.8) is 0 Å². The first-order chi connectivity index (χ1) is 17.0. The van der Waals surface area contributed by atoms with E-state index in [1.165, 1.54) is 38.9 Å². The Morgan fingerprint density at radius 3 is 2.43 bits per heavy atom. The Balaban J connectivity index is 0.000000360. The van der Waals surface area contributed by atoms with Gasteiger partial charge in [0.15, 0.2) is 11.5 Å². The number of hydrogen-bond acceptors (Lipinski definition) is 5. The molecule has 0 bridgehead atoms. The summed E-state index contributed by atoms with van der Waals surface area (Å²) in [6.07, 6.45) is 5.36. The molecule has 3 rings (SSSR count). The summed E-state index contributed by atoms with van der Waals surface area (Å²) in [7, 11) is 1.56. The van der Waals surface area contributed by atoms with Crippen molar-refractivity contribution in [2.75, 3.05) is 39.9 Å². The zero-order chi connectivity index (χ0) is 25.5. The maximum absolute atomic E-state index is 12.1. The lowest BCUT2D eigenvalue weighted by molar-refractivity contribution is 0.0953. The van der Waals surface area contributed by atoms with E-state index in [0.29, 0.717) is 46.7 Å². The molecule has 0 radical (unpaired) electrons. The third kappa shape index (κ3) is 10.7. The number of piperidine rings is 1. The van der Waals surface area contributed by atoms with Gasteiger partial charge in [0.1, 0.15) is 0 Å². The van der Waals surface area contributed by atoms with Gasteiger partial charge in [0.05, 0.1) is 13.7 Å². The van der Waals surface area contributed by atoms with Crippen molar-refractivity contribution in [3.8, 4) is 11.5 Å². The predicted molar refractivity (Wildman–Crippen MR) is 145 cm³/mol. The number of ether oxygens (including phenoxy) is 2. The molecular formula is C27H39Cl2N3O3. The lowest BCUT2D eigenvalue weighted by atomic mass is 10.1. The van der Waals surface area contributed by atoms with Gasteiger partial charge in [-0.25, -0.2) is 0 Å². The first-order valence-corrected chi connectivity index (χ1v) is 13.2. The molecule has 0 aliphatic carbocycles. The van der Waals surface area contributed by atoms with Crippen LogP contribution in [0.3, 0.4) is 0 Å². The molecule has 35 heavy (non-hydrogen) atoms. The number of methoxy groups -OCH3 is 1. The van der Waals surface area contributed by atoms with E-state index in [4.69, 9.17) is 32.7 Å². The summed E-state index contributed by atoms with van der Waals surface area (Å²) >= 11 is 12.1. The van der Waals surface area contributed by atoms with Crippen LogP contribution >= 0.6 is 23.2 Å². The molecular weight excluding hydrogens is 485 g/mol. The first kappa shape index (κ1) is 29.2. The van der Waals surface area contributed by atoms with E-state index in [1.54, 1.807) is 37.4 Å². The van der Waals surface area contributed by atoms with Crippen LogP contribution in [0.25, 0.3) is 0 Å². The van der Waals surface area contributed by atoms with Crippen molar-refractivity contribution in [3.05, 3.63) is 57.6 Å². The highest BCUT2D eigenvalue weighted by molar-refractivity contribution is 6.35. The summed E-state index contributed by atoms with van der Waals surface area (Å²) in [6, 6.07) is 11.3. The Kier molecular flexibility index (Phi) is 13.9. The molecule has 0 unspecified atom stereocenters. The molecule has 0 atom stereocenters. The average Bonchev–Trinajstić information content (AvgIpc) is 2.88. The normalized spacial score (nSPS) is 13.5. The van der Waals surface area contributed by atoms with E-state index in [-0.39, 0.29) is 5.91 Å². The lowest BCUT2D eigenvalue weighted by Gasteiger charge is -2.23. The third-order valence-electron chi connectivity index (χ3n) is 5.63. The van der Waals surface area contributed by atoms with Crippen LogP contribution in [0.2, 0.25) is 10.0 Å². The van der Waals surface area contributed by atoms with Crippen LogP contribution in [0.5, 0.6) is 11.5 Å². The molecule has 0 aromatic heterocycles. The highest BCUT2D eigenvalue weighted by Gasteiger charge is 2.12. The quantitative estimate of drug-likeness (QED) is 0.362. The van der Waals surface area contributed by atoms with Gasteiger partial charge in [0, 0.05) is 34.6 Å². The molecule has 1 heterocycles. The molecule has 8 heteroatoms. The van der Waals surface area contributed by atoms with Crippen LogP contribution in [0.15, 0.2) is 36.4 Å². The Labute approximate surface area is 220 Å². The summed E-state index contributed by atoms with van der Waals surface area (Å²) in [5.41, 5.74) is 1.48. The van der Waals surface area contributed by atoms with Crippen LogP contribution in [-0.4, -0.2) is 51.8 Å². The van der Waals surface area contributed by atoms with Gasteiger partial charge >= 0.3 is 0 Å². The van der Waals surface area contributed by atoms with Crippen LogP contribution in [0, 0.1) is 0 Å². The molecule has 1 fully saturated rings. The zero-order valence-electron chi connectivity index (χ0n) is 21.1. The highest BCUT2D eigenvalue weighted by Crippen LogP contribution is 2.29. The second-order valence-electron chi connectivity index (χ2n) is 8.43. The van der Waals surface area contributed by atoms with Crippen LogP contribution in [0.1, 0.15) is 55.5 Å². The van der Waals surface area contributed by atoms with E-state index in [1.807, 2.05) is 13.0 Å². The summed E-state index contributed by atoms with van der Waals surface area (Å²) in [4.78, 5) is 12.1. The first-order valence-electron chi connectivity index (χ1n) is 12.5. The molecule has 1 amide bonds. The Morgan fingerprint density at radius 1 is 1.03 bits per heavy atom. The molecule has 2 aromatic carbocycles. The number of carbonyl (C=O) groups excluding carboxylic acids is 1. The van der Waals surface area contributed by atoms with Crippen molar-refractivity contribution < 1.29 is 14.3 Å². The summed E-state index contributed by atoms with van der Waals surface area (Å²) in [6.45, 7) is 8.83. The number of halogens is 2. The van der Waals surface area contributed by atoms with Crippen molar-refractivity contribution in [1.82, 2.24) is 16.0 Å². The van der Waals surface area contributed by atoms with Gasteiger partial charge in [-0.1, -0.05) is 43.1 Å². The van der Waals surface area contributed by atoms with Crippen molar-refractivity contribution in [1.29, 1.82) is 0 Å². The fourth-order valence-electron chi connectivity index (χ4n) is 3.64. The third-order valence-corrected chi connectivity index (χ3v) is 6.21. The molecule has 6 nitrogen and oxygen atoms in total. The number of rotatable bonds is 11. The molecule has 1 aliphatic rings. The zero-order valence-corrected chi connectivity index (χ0v) is 22.6. The second-order valence-corrected chi connectivity index (χ2v) is 9.28. The maximum Gasteiger partial charge on any atom is 0.251 e. The van der Waals surface area contributed by atoms with Gasteiger partial charge in [-0.05, 0) is 81.2 Å². The number of benzene rings is 2. The standard InChI is InChI=1S/C19H21Cl2NO3.C8H18N2/c1-3-9-22-19(23)14-5-7-17(24-2)18(11-14)25-10-8-13-4-6-15(20)12-16(13)21;1-2-5-10-8-3-6-9-7-4-8/h4-7,11-12H,3,8-10H2,1-2H3,(H,22,23);8-10H,2-7H2,1H3. The van der Waals surface area contributed by atoms with Crippen LogP contribution in [-0.2, 0) is 6.42 Å². The number of amides is 1. The van der Waals surface area contributed by atoms with E-state index in [9.17, 15) is 4.79 Å². The molecule has 0 saturated carbocycles. The maximum atomic E-state index is 12.1. The smallest absolute Gasteiger partial charge is 0.251 e. The minimum atomic E-state index is -0.130. The Hall–Kier alpha value is -1.99. The fourth-order valence-corrected chi connectivity index (χ4v) is 4.14. The number of hydrogen-bond donors (Lipinski definition) is 3. The molecule has 3 N–H and O–H groups in total. The van der Waals surface area contributed by atoms with Gasteiger partial charge < -0.3 is 25.4 Å². The van der Waals surface area contributed by atoms with Crippen LogP contribution < -0.4 is 25.4 Å². The van der Waals surface area contributed by atoms with Gasteiger partial charge in [0.25, 0.3) is 5.91 Å². The SMILES string of the molecule is CCCNC(=O)c1ccc(OC)c(OCCc2ccc(Cl)cc2Cl)c1.CCCNC1CCNCC1. The lowest BCUT2D eigenvalue weighted by Crippen LogP contribution is -2.40. The van der Waals surface area contributed by atoms with E-state index in [2.05, 4.69) is 22.9 Å². The summed E-state index contributed by atoms with van der Waals surface area (Å²) in [5.74, 6) is 0.973. The van der Waals surface area contributed by atoms with Crippen LogP contribution in [0.4, 0.5) is 0 Å². The van der Waals surface area contributed by atoms with E-state index >= 15 is 0 Å². The highest BCUT2D eigenvalue weighted by atomic mass is 35.5. The second kappa shape index (κ2) is 16.6. The van der Waals surface area contributed by atoms with Crippen molar-refractivity contribution in [2.24, 2.45) is 0 Å². The Bertz CT molecular complexity index is 905. The predicted octanol–water partition coefficient (Wildman–Crippen LogP) is 5.50. The van der Waals surface area contributed by atoms with Gasteiger partial charge in [-0.2, -0.15) is 0 Å². The van der Waals surface area contributed by atoms with Gasteiger partial charge in [-0.15, -0.1) is 0 Å². The van der Waals surface area contributed by atoms with E-state index < -0.39 is 0 Å². The topological polar surface area (TPSA) is 71.6 Å². The molecule has 2 aromatic rings. The van der Waals surface area contributed by atoms with E-state index in [0.717, 1.165) is 18.0 Å². The summed E-state index contributed by atoms with van der Waals surface area (Å²) in [5, 5.41) is 10.9. The molecule has 1 aliphatic heterocycles. The molecule has 1 saturated heterocycles. The fraction of sp³-hybridized carbons (Fsp3) is 0.519. The number of nitrogens with one attached hydrogen (secondary N) is 3. The van der Waals surface area contributed by atoms with Crippen molar-refractivity contribution >= 4 is 29.1 Å². The van der Waals surface area contributed by atoms with Crippen molar-refractivity contribution in [2.45, 2.75) is 52.0 Å².